The Morgan fingerprint density at radius 2 is 2.10 bits per heavy atom. The summed E-state index contributed by atoms with van der Waals surface area (Å²) in [6, 6.07) is 0.545. The summed E-state index contributed by atoms with van der Waals surface area (Å²) >= 11 is 0. The number of anilines is 1. The number of nitrogens with one attached hydrogen (secondary N) is 1. The van der Waals surface area contributed by atoms with Crippen LogP contribution in [0.2, 0.25) is 0 Å². The minimum Gasteiger partial charge on any atom is -0.383 e. The average molecular weight is 278 g/mol. The Balaban J connectivity index is 1.89. The normalized spacial score (nSPS) is 19.9. The fraction of sp³-hybridized carbons (Fsp3) is 0.733. The second kappa shape index (κ2) is 8.17. The highest BCUT2D eigenvalue weighted by Gasteiger charge is 2.19. The van der Waals surface area contributed by atoms with E-state index in [9.17, 15) is 0 Å². The molecule has 5 heteroatoms. The van der Waals surface area contributed by atoms with E-state index in [0.717, 1.165) is 37.8 Å². The van der Waals surface area contributed by atoms with E-state index >= 15 is 0 Å². The maximum absolute atomic E-state index is 5.00. The van der Waals surface area contributed by atoms with Crippen LogP contribution < -0.4 is 10.2 Å². The van der Waals surface area contributed by atoms with E-state index in [1.807, 2.05) is 12.4 Å². The van der Waals surface area contributed by atoms with Gasteiger partial charge in [0.05, 0.1) is 6.61 Å². The van der Waals surface area contributed by atoms with E-state index < -0.39 is 0 Å². The van der Waals surface area contributed by atoms with Crippen molar-refractivity contribution in [1.82, 2.24) is 15.3 Å². The molecule has 112 valence electrons. The number of hydrogen-bond acceptors (Lipinski definition) is 5. The molecule has 1 unspecified atom stereocenters. The van der Waals surface area contributed by atoms with Gasteiger partial charge in [0.1, 0.15) is 0 Å². The molecule has 0 bridgehead atoms. The second-order valence-electron chi connectivity index (χ2n) is 5.45. The molecule has 1 aliphatic heterocycles. The lowest BCUT2D eigenvalue weighted by Crippen LogP contribution is -2.34. The third-order valence-corrected chi connectivity index (χ3v) is 3.81. The van der Waals surface area contributed by atoms with Gasteiger partial charge in [-0.2, -0.15) is 0 Å². The van der Waals surface area contributed by atoms with E-state index in [1.54, 1.807) is 7.11 Å². The summed E-state index contributed by atoms with van der Waals surface area (Å²) in [6.45, 7) is 5.71. The monoisotopic (exact) mass is 278 g/mol. The number of rotatable bonds is 6. The minimum absolute atomic E-state index is 0.545. The Labute approximate surface area is 121 Å². The molecule has 1 fully saturated rings. The molecule has 0 saturated carbocycles. The van der Waals surface area contributed by atoms with Crippen LogP contribution in [-0.2, 0) is 11.3 Å². The molecule has 0 amide bonds. The predicted octanol–water partition coefficient (Wildman–Crippen LogP) is 1.98. The summed E-state index contributed by atoms with van der Waals surface area (Å²) in [4.78, 5) is 11.4. The van der Waals surface area contributed by atoms with Gasteiger partial charge in [0, 0.05) is 50.7 Å². The van der Waals surface area contributed by atoms with Crippen molar-refractivity contribution in [2.75, 3.05) is 31.7 Å². The molecule has 1 aromatic rings. The second-order valence-corrected chi connectivity index (χ2v) is 5.45. The van der Waals surface area contributed by atoms with Crippen LogP contribution in [-0.4, -0.2) is 42.8 Å². The van der Waals surface area contributed by atoms with Crippen molar-refractivity contribution in [2.24, 2.45) is 0 Å². The zero-order chi connectivity index (χ0) is 14.2. The zero-order valence-electron chi connectivity index (χ0n) is 12.6. The van der Waals surface area contributed by atoms with Crippen LogP contribution in [0.3, 0.4) is 0 Å². The molecular weight excluding hydrogens is 252 g/mol. The van der Waals surface area contributed by atoms with Crippen molar-refractivity contribution in [3.8, 4) is 0 Å². The highest BCUT2D eigenvalue weighted by Crippen LogP contribution is 2.20. The van der Waals surface area contributed by atoms with E-state index in [-0.39, 0.29) is 0 Å². The van der Waals surface area contributed by atoms with Gasteiger partial charge in [-0.05, 0) is 19.8 Å². The molecule has 1 saturated heterocycles. The topological polar surface area (TPSA) is 50.3 Å². The third-order valence-electron chi connectivity index (χ3n) is 3.81. The largest absolute Gasteiger partial charge is 0.383 e. The summed E-state index contributed by atoms with van der Waals surface area (Å²) in [5.41, 5.74) is 1.12. The van der Waals surface area contributed by atoms with Crippen LogP contribution in [0.5, 0.6) is 0 Å². The van der Waals surface area contributed by atoms with Crippen LogP contribution >= 0.6 is 0 Å². The lowest BCUT2D eigenvalue weighted by molar-refractivity contribution is 0.199. The maximum Gasteiger partial charge on any atom is 0.225 e. The number of ether oxygens (including phenoxy) is 1. The molecule has 0 spiro atoms. The van der Waals surface area contributed by atoms with Gasteiger partial charge in [0.25, 0.3) is 0 Å². The van der Waals surface area contributed by atoms with E-state index in [1.165, 1.54) is 25.7 Å². The fourth-order valence-electron chi connectivity index (χ4n) is 2.57. The van der Waals surface area contributed by atoms with Crippen molar-refractivity contribution in [1.29, 1.82) is 0 Å². The Kier molecular flexibility index (Phi) is 6.21. The SMILES string of the molecule is COCCNCc1cnc(N2CCCCCC2C)nc1. The van der Waals surface area contributed by atoms with Gasteiger partial charge >= 0.3 is 0 Å². The summed E-state index contributed by atoms with van der Waals surface area (Å²) in [7, 11) is 1.71. The minimum atomic E-state index is 0.545. The van der Waals surface area contributed by atoms with Gasteiger partial charge in [-0.15, -0.1) is 0 Å². The lowest BCUT2D eigenvalue weighted by Gasteiger charge is -2.27. The number of methoxy groups -OCH3 is 1. The molecule has 0 aromatic carbocycles. The first kappa shape index (κ1) is 15.2. The van der Waals surface area contributed by atoms with E-state index in [4.69, 9.17) is 4.74 Å². The first-order valence-corrected chi connectivity index (χ1v) is 7.58. The van der Waals surface area contributed by atoms with E-state index in [0.29, 0.717) is 6.04 Å². The molecule has 20 heavy (non-hydrogen) atoms. The standard InChI is InChI=1S/C15H26N4O/c1-13-6-4-3-5-8-19(13)15-17-11-14(12-18-15)10-16-7-9-20-2/h11-13,16H,3-10H2,1-2H3. The molecule has 1 atom stereocenters. The average Bonchev–Trinajstić information content (AvgIpc) is 2.69. The molecule has 2 heterocycles. The molecule has 0 radical (unpaired) electrons. The van der Waals surface area contributed by atoms with Gasteiger partial charge in [-0.1, -0.05) is 12.8 Å². The Morgan fingerprint density at radius 3 is 2.85 bits per heavy atom. The Morgan fingerprint density at radius 1 is 1.30 bits per heavy atom. The van der Waals surface area contributed by atoms with Crippen molar-refractivity contribution in [2.45, 2.75) is 45.2 Å². The maximum atomic E-state index is 5.00. The highest BCUT2D eigenvalue weighted by molar-refractivity contribution is 5.31. The summed E-state index contributed by atoms with van der Waals surface area (Å²) in [6.07, 6.45) is 8.98. The number of aromatic nitrogens is 2. The quantitative estimate of drug-likeness (QED) is 0.806. The molecular formula is C15H26N4O. The van der Waals surface area contributed by atoms with Crippen molar-refractivity contribution in [3.05, 3.63) is 18.0 Å². The lowest BCUT2D eigenvalue weighted by atomic mass is 10.1. The van der Waals surface area contributed by atoms with Crippen LogP contribution in [0.15, 0.2) is 12.4 Å². The smallest absolute Gasteiger partial charge is 0.225 e. The van der Waals surface area contributed by atoms with Gasteiger partial charge in [-0.3, -0.25) is 0 Å². The molecule has 5 nitrogen and oxygen atoms in total. The first-order valence-electron chi connectivity index (χ1n) is 7.58. The number of nitrogens with zero attached hydrogens (tertiary/aromatic N) is 3. The predicted molar refractivity (Wildman–Crippen MR) is 80.9 cm³/mol. The Bertz CT molecular complexity index is 382. The molecule has 1 aliphatic rings. The first-order chi connectivity index (χ1) is 9.81. The molecule has 0 aliphatic carbocycles. The summed E-state index contributed by atoms with van der Waals surface area (Å²) < 4.78 is 5.00. The van der Waals surface area contributed by atoms with Crippen molar-refractivity contribution in [3.63, 3.8) is 0 Å². The van der Waals surface area contributed by atoms with Gasteiger partial charge in [-0.25, -0.2) is 9.97 Å². The summed E-state index contributed by atoms with van der Waals surface area (Å²) in [5.74, 6) is 0.875. The van der Waals surface area contributed by atoms with Crippen molar-refractivity contribution >= 4 is 5.95 Å². The van der Waals surface area contributed by atoms with E-state index in [2.05, 4.69) is 27.1 Å². The van der Waals surface area contributed by atoms with Crippen LogP contribution in [0, 0.1) is 0 Å². The molecule has 1 aromatic heterocycles. The van der Waals surface area contributed by atoms with Gasteiger partial charge in [0.2, 0.25) is 5.95 Å². The Hall–Kier alpha value is -1.20. The summed E-state index contributed by atoms with van der Waals surface area (Å²) in [5, 5.41) is 3.30. The zero-order valence-corrected chi connectivity index (χ0v) is 12.6. The molecule has 2 rings (SSSR count). The number of hydrogen-bond donors (Lipinski definition) is 1. The van der Waals surface area contributed by atoms with Crippen LogP contribution in [0.1, 0.15) is 38.2 Å². The highest BCUT2D eigenvalue weighted by atomic mass is 16.5. The van der Waals surface area contributed by atoms with Crippen LogP contribution in [0.25, 0.3) is 0 Å². The van der Waals surface area contributed by atoms with Crippen molar-refractivity contribution < 1.29 is 4.74 Å². The van der Waals surface area contributed by atoms with Crippen LogP contribution in [0.4, 0.5) is 5.95 Å². The third kappa shape index (κ3) is 4.42. The fourth-order valence-corrected chi connectivity index (χ4v) is 2.57. The van der Waals surface area contributed by atoms with Gasteiger partial charge < -0.3 is 15.0 Å². The van der Waals surface area contributed by atoms with Gasteiger partial charge in [0.15, 0.2) is 0 Å². The molecule has 1 N–H and O–H groups in total.